The van der Waals surface area contributed by atoms with E-state index >= 15 is 0 Å². The Bertz CT molecular complexity index is 1050. The average molecular weight is 430 g/mol. The van der Waals surface area contributed by atoms with Crippen LogP contribution in [0.4, 0.5) is 4.79 Å². The highest BCUT2D eigenvalue weighted by atomic mass is 32.2. The van der Waals surface area contributed by atoms with Gasteiger partial charge in [0.15, 0.2) is 0 Å². The third-order valence-corrected chi connectivity index (χ3v) is 9.32. The van der Waals surface area contributed by atoms with Crippen molar-refractivity contribution in [2.75, 3.05) is 19.6 Å². The van der Waals surface area contributed by atoms with Crippen LogP contribution in [0, 0.1) is 5.92 Å². The van der Waals surface area contributed by atoms with Crippen LogP contribution in [0.5, 0.6) is 0 Å². The number of rotatable bonds is 3. The van der Waals surface area contributed by atoms with Crippen LogP contribution in [-0.2, 0) is 16.4 Å². The third kappa shape index (κ3) is 3.60. The van der Waals surface area contributed by atoms with Crippen molar-refractivity contribution in [3.63, 3.8) is 0 Å². The van der Waals surface area contributed by atoms with Crippen molar-refractivity contribution in [1.29, 1.82) is 0 Å². The van der Waals surface area contributed by atoms with Crippen molar-refractivity contribution in [3.05, 3.63) is 53.0 Å². The molecule has 6 nitrogen and oxygen atoms in total. The maximum atomic E-state index is 12.9. The van der Waals surface area contributed by atoms with E-state index in [9.17, 15) is 13.2 Å². The Balaban J connectivity index is 1.29. The van der Waals surface area contributed by atoms with Crippen LogP contribution >= 0.6 is 11.3 Å². The molecule has 3 atom stereocenters. The minimum absolute atomic E-state index is 0.113. The number of hydrogen-bond donors (Lipinski definition) is 1. The molecule has 29 heavy (non-hydrogen) atoms. The molecule has 5 rings (SSSR count). The summed E-state index contributed by atoms with van der Waals surface area (Å²) in [6, 6.07) is 10.2. The lowest BCUT2D eigenvalue weighted by atomic mass is 9.97. The summed E-state index contributed by atoms with van der Waals surface area (Å²) in [5.41, 5.74) is 0.870. The second kappa shape index (κ2) is 7.27. The molecule has 1 unspecified atom stereocenters. The van der Waals surface area contributed by atoms with E-state index in [0.717, 1.165) is 36.5 Å². The molecule has 152 valence electrons. The first kappa shape index (κ1) is 18.8. The van der Waals surface area contributed by atoms with Crippen LogP contribution in [0.3, 0.4) is 0 Å². The summed E-state index contributed by atoms with van der Waals surface area (Å²) in [5, 5.41) is 3.16. The molecule has 0 saturated carbocycles. The molecule has 3 aliphatic heterocycles. The molecule has 3 aliphatic rings. The summed E-state index contributed by atoms with van der Waals surface area (Å²) in [5.74, 6) is 0.695. The fourth-order valence-corrected chi connectivity index (χ4v) is 7.33. The Morgan fingerprint density at radius 2 is 2.00 bits per heavy atom. The standard InChI is InChI=1S/C21H23N3O3S2/c25-21(22-17-10-15-6-8-23(12-15)14-17)24-9-7-19-16(13-24)11-20(28-19)29(26,27)18-4-2-1-3-5-18/h1-5,7,9,11,15,17H,6,8,10,12-14H2,(H,22,25)/t15-,17+/m0/s1. The summed E-state index contributed by atoms with van der Waals surface area (Å²) in [6.45, 7) is 3.60. The molecular formula is C21H23N3O3S2. The lowest BCUT2D eigenvalue weighted by Crippen LogP contribution is -2.50. The van der Waals surface area contributed by atoms with Crippen molar-refractivity contribution >= 4 is 33.3 Å². The Labute approximate surface area is 174 Å². The van der Waals surface area contributed by atoms with E-state index in [2.05, 4.69) is 10.2 Å². The smallest absolute Gasteiger partial charge is 0.321 e. The molecule has 4 heterocycles. The van der Waals surface area contributed by atoms with Crippen LogP contribution < -0.4 is 5.32 Å². The largest absolute Gasteiger partial charge is 0.334 e. The summed E-state index contributed by atoms with van der Waals surface area (Å²) < 4.78 is 26.1. The molecule has 2 fully saturated rings. The highest BCUT2D eigenvalue weighted by Crippen LogP contribution is 2.34. The summed E-state index contributed by atoms with van der Waals surface area (Å²) in [4.78, 5) is 18.0. The minimum Gasteiger partial charge on any atom is -0.334 e. The number of fused-ring (bicyclic) bond motifs is 3. The van der Waals surface area contributed by atoms with E-state index in [4.69, 9.17) is 0 Å². The zero-order valence-electron chi connectivity index (χ0n) is 16.0. The summed E-state index contributed by atoms with van der Waals surface area (Å²) in [7, 11) is -3.54. The van der Waals surface area contributed by atoms with Crippen LogP contribution in [0.15, 0.2) is 51.7 Å². The number of urea groups is 1. The van der Waals surface area contributed by atoms with Crippen molar-refractivity contribution in [1.82, 2.24) is 15.1 Å². The number of nitrogens with one attached hydrogen (secondary N) is 1. The van der Waals surface area contributed by atoms with Gasteiger partial charge in [0, 0.05) is 30.2 Å². The van der Waals surface area contributed by atoms with Crippen LogP contribution in [0.25, 0.3) is 6.08 Å². The van der Waals surface area contributed by atoms with Crippen LogP contribution in [0.1, 0.15) is 23.3 Å². The number of nitrogens with zero attached hydrogens (tertiary/aromatic N) is 2. The van der Waals surface area contributed by atoms with E-state index in [1.54, 1.807) is 47.5 Å². The van der Waals surface area contributed by atoms with E-state index in [1.165, 1.54) is 17.8 Å². The molecule has 1 aromatic carbocycles. The molecule has 8 heteroatoms. The minimum atomic E-state index is -3.54. The highest BCUT2D eigenvalue weighted by Gasteiger charge is 2.34. The van der Waals surface area contributed by atoms with Gasteiger partial charge in [-0.2, -0.15) is 0 Å². The first-order valence-electron chi connectivity index (χ1n) is 9.89. The lowest BCUT2D eigenvalue weighted by molar-refractivity contribution is 0.187. The monoisotopic (exact) mass is 429 g/mol. The molecular weight excluding hydrogens is 406 g/mol. The molecule has 1 aromatic heterocycles. The number of benzene rings is 1. The zero-order chi connectivity index (χ0) is 20.0. The molecule has 0 spiro atoms. The molecule has 2 saturated heterocycles. The van der Waals surface area contributed by atoms with Gasteiger partial charge in [-0.25, -0.2) is 13.2 Å². The number of carbonyl (C=O) groups is 1. The molecule has 0 radical (unpaired) electrons. The number of hydrogen-bond acceptors (Lipinski definition) is 5. The van der Waals surface area contributed by atoms with Gasteiger partial charge in [0.05, 0.1) is 11.4 Å². The van der Waals surface area contributed by atoms with Gasteiger partial charge in [-0.15, -0.1) is 11.3 Å². The fourth-order valence-electron chi connectivity index (χ4n) is 4.48. The average Bonchev–Trinajstić information content (AvgIpc) is 3.31. The number of piperidine rings is 1. The van der Waals surface area contributed by atoms with Gasteiger partial charge < -0.3 is 10.2 Å². The van der Waals surface area contributed by atoms with Crippen LogP contribution in [-0.4, -0.2) is 49.9 Å². The van der Waals surface area contributed by atoms with E-state index < -0.39 is 9.84 Å². The number of sulfone groups is 1. The summed E-state index contributed by atoms with van der Waals surface area (Å²) >= 11 is 1.26. The third-order valence-electron chi connectivity index (χ3n) is 5.94. The second-order valence-corrected chi connectivity index (χ2v) is 11.3. The van der Waals surface area contributed by atoms with Gasteiger partial charge in [-0.3, -0.25) is 4.90 Å². The van der Waals surface area contributed by atoms with Crippen molar-refractivity contribution in [2.45, 2.75) is 34.5 Å². The first-order chi connectivity index (χ1) is 14.0. The Kier molecular flexibility index (Phi) is 4.72. The molecule has 2 bridgehead atoms. The molecule has 0 aliphatic carbocycles. The van der Waals surface area contributed by atoms with E-state index in [-0.39, 0.29) is 12.1 Å². The van der Waals surface area contributed by atoms with E-state index in [1.807, 2.05) is 6.08 Å². The SMILES string of the molecule is O=C(N[C@@H]1C[C@@H]2CCN(C2)C1)N1C=Cc2sc(S(=O)(=O)c3ccccc3)cc2C1. The maximum absolute atomic E-state index is 12.9. The molecule has 1 N–H and O–H groups in total. The lowest BCUT2D eigenvalue weighted by Gasteiger charge is -2.32. The first-order valence-corrected chi connectivity index (χ1v) is 12.2. The van der Waals surface area contributed by atoms with Gasteiger partial charge in [0.25, 0.3) is 0 Å². The van der Waals surface area contributed by atoms with Gasteiger partial charge in [-0.05, 0) is 55.1 Å². The molecule has 2 aromatic rings. The second-order valence-electron chi connectivity index (χ2n) is 8.01. The van der Waals surface area contributed by atoms with Gasteiger partial charge in [0.1, 0.15) is 4.21 Å². The van der Waals surface area contributed by atoms with Crippen LogP contribution in [0.2, 0.25) is 0 Å². The Hall–Kier alpha value is -2.16. The highest BCUT2D eigenvalue weighted by molar-refractivity contribution is 7.93. The number of thiophene rings is 1. The number of amides is 2. The maximum Gasteiger partial charge on any atom is 0.321 e. The predicted octanol–water partition coefficient (Wildman–Crippen LogP) is 3.17. The normalized spacial score (nSPS) is 25.7. The predicted molar refractivity (Wildman–Crippen MR) is 112 cm³/mol. The van der Waals surface area contributed by atoms with Gasteiger partial charge in [-0.1, -0.05) is 18.2 Å². The zero-order valence-corrected chi connectivity index (χ0v) is 17.6. The van der Waals surface area contributed by atoms with Crippen molar-refractivity contribution in [2.24, 2.45) is 5.92 Å². The Morgan fingerprint density at radius 1 is 1.17 bits per heavy atom. The van der Waals surface area contributed by atoms with E-state index in [0.29, 0.717) is 21.6 Å². The van der Waals surface area contributed by atoms with Gasteiger partial charge in [0.2, 0.25) is 9.84 Å². The fraction of sp³-hybridized carbons (Fsp3) is 0.381. The molecule has 2 amide bonds. The topological polar surface area (TPSA) is 69.7 Å². The quantitative estimate of drug-likeness (QED) is 0.814. The Morgan fingerprint density at radius 3 is 2.79 bits per heavy atom. The van der Waals surface area contributed by atoms with Gasteiger partial charge >= 0.3 is 6.03 Å². The van der Waals surface area contributed by atoms with Crippen molar-refractivity contribution in [3.8, 4) is 0 Å². The van der Waals surface area contributed by atoms with Crippen molar-refractivity contribution < 1.29 is 13.2 Å². The summed E-state index contributed by atoms with van der Waals surface area (Å²) in [6.07, 6.45) is 5.86. The number of carbonyl (C=O) groups excluding carboxylic acids is 1.